The van der Waals surface area contributed by atoms with E-state index in [1.54, 1.807) is 18.7 Å². The van der Waals surface area contributed by atoms with E-state index in [0.29, 0.717) is 26.3 Å². The number of rotatable bonds is 3. The van der Waals surface area contributed by atoms with Gasteiger partial charge in [0.2, 0.25) is 0 Å². The topological polar surface area (TPSA) is 12.5 Å². The number of nitrogens with zero attached hydrogens (tertiary/aromatic N) is 1. The highest BCUT2D eigenvalue weighted by Crippen LogP contribution is 2.25. The number of ether oxygens (including phenoxy) is 1. The number of hydrogen-bond acceptors (Lipinski definition) is 2. The summed E-state index contributed by atoms with van der Waals surface area (Å²) < 4.78 is 31.6. The first-order chi connectivity index (χ1) is 6.02. The molecule has 0 aliphatic carbocycles. The van der Waals surface area contributed by atoms with E-state index in [1.165, 1.54) is 0 Å². The van der Waals surface area contributed by atoms with Crippen LogP contribution < -0.4 is 0 Å². The Morgan fingerprint density at radius 3 is 2.31 bits per heavy atom. The Balaban J connectivity index is 2.37. The fraction of sp³-hybridized carbons (Fsp3) is 1.00. The van der Waals surface area contributed by atoms with E-state index >= 15 is 0 Å². The Bertz CT molecular complexity index is 156. The molecule has 1 fully saturated rings. The number of halogens is 2. The predicted molar refractivity (Wildman–Crippen MR) is 47.0 cm³/mol. The molecule has 1 saturated heterocycles. The molecule has 2 nitrogen and oxygen atoms in total. The SMILES string of the molecule is CC(C)C(F)(F)CN1CCOCC1. The van der Waals surface area contributed by atoms with Gasteiger partial charge in [-0.2, -0.15) is 0 Å². The highest BCUT2D eigenvalue weighted by Gasteiger charge is 2.35. The molecule has 0 radical (unpaired) electrons. The van der Waals surface area contributed by atoms with E-state index in [1.807, 2.05) is 0 Å². The molecule has 0 amide bonds. The summed E-state index contributed by atoms with van der Waals surface area (Å²) in [5, 5.41) is 0. The molecule has 0 unspecified atom stereocenters. The molecule has 0 aromatic rings. The van der Waals surface area contributed by atoms with Crippen molar-refractivity contribution in [2.45, 2.75) is 19.8 Å². The molecule has 78 valence electrons. The van der Waals surface area contributed by atoms with Crippen LogP contribution in [0.1, 0.15) is 13.8 Å². The van der Waals surface area contributed by atoms with Crippen LogP contribution in [-0.4, -0.2) is 43.7 Å². The number of hydrogen-bond donors (Lipinski definition) is 0. The van der Waals surface area contributed by atoms with Crippen LogP contribution in [0.15, 0.2) is 0 Å². The van der Waals surface area contributed by atoms with Gasteiger partial charge in [-0.25, -0.2) is 8.78 Å². The molecule has 4 heteroatoms. The number of alkyl halides is 2. The molecule has 0 N–H and O–H groups in total. The zero-order valence-electron chi connectivity index (χ0n) is 8.22. The van der Waals surface area contributed by atoms with Crippen LogP contribution >= 0.6 is 0 Å². The van der Waals surface area contributed by atoms with E-state index in [9.17, 15) is 8.78 Å². The third-order valence-electron chi connectivity index (χ3n) is 2.38. The van der Waals surface area contributed by atoms with Gasteiger partial charge in [0, 0.05) is 19.0 Å². The van der Waals surface area contributed by atoms with Gasteiger partial charge < -0.3 is 4.74 Å². The first kappa shape index (κ1) is 10.9. The maximum Gasteiger partial charge on any atom is 0.262 e. The van der Waals surface area contributed by atoms with Crippen LogP contribution in [0.4, 0.5) is 8.78 Å². The van der Waals surface area contributed by atoms with Crippen LogP contribution in [0, 0.1) is 5.92 Å². The molecule has 0 saturated carbocycles. The first-order valence-electron chi connectivity index (χ1n) is 4.70. The highest BCUT2D eigenvalue weighted by atomic mass is 19.3. The van der Waals surface area contributed by atoms with Crippen molar-refractivity contribution in [2.24, 2.45) is 5.92 Å². The third-order valence-corrected chi connectivity index (χ3v) is 2.38. The van der Waals surface area contributed by atoms with Crippen molar-refractivity contribution in [3.63, 3.8) is 0 Å². The lowest BCUT2D eigenvalue weighted by Crippen LogP contribution is -2.45. The molecule has 13 heavy (non-hydrogen) atoms. The summed E-state index contributed by atoms with van der Waals surface area (Å²) >= 11 is 0. The van der Waals surface area contributed by atoms with Gasteiger partial charge in [-0.15, -0.1) is 0 Å². The van der Waals surface area contributed by atoms with Gasteiger partial charge in [0.1, 0.15) is 0 Å². The molecule has 0 aromatic heterocycles. The minimum absolute atomic E-state index is 0.131. The van der Waals surface area contributed by atoms with Crippen LogP contribution in [0.25, 0.3) is 0 Å². The van der Waals surface area contributed by atoms with Gasteiger partial charge >= 0.3 is 0 Å². The molecule has 0 aromatic carbocycles. The fourth-order valence-corrected chi connectivity index (χ4v) is 1.24. The smallest absolute Gasteiger partial charge is 0.262 e. The maximum atomic E-state index is 13.2. The van der Waals surface area contributed by atoms with Crippen molar-refractivity contribution >= 4 is 0 Å². The molecular formula is C9H17F2NO. The zero-order valence-corrected chi connectivity index (χ0v) is 8.22. The molecule has 1 aliphatic heterocycles. The van der Waals surface area contributed by atoms with E-state index in [4.69, 9.17) is 4.74 Å². The van der Waals surface area contributed by atoms with Gasteiger partial charge in [-0.3, -0.25) is 4.90 Å². The van der Waals surface area contributed by atoms with Crippen molar-refractivity contribution in [2.75, 3.05) is 32.8 Å². The van der Waals surface area contributed by atoms with Gasteiger partial charge in [-0.1, -0.05) is 13.8 Å². The van der Waals surface area contributed by atoms with Crippen LogP contribution in [0.3, 0.4) is 0 Å². The average molecular weight is 193 g/mol. The van der Waals surface area contributed by atoms with Crippen molar-refractivity contribution < 1.29 is 13.5 Å². The second-order valence-electron chi connectivity index (χ2n) is 3.80. The third kappa shape index (κ3) is 3.19. The van der Waals surface area contributed by atoms with Crippen molar-refractivity contribution in [3.8, 4) is 0 Å². The summed E-state index contributed by atoms with van der Waals surface area (Å²) in [5.41, 5.74) is 0. The van der Waals surface area contributed by atoms with Crippen molar-refractivity contribution in [1.82, 2.24) is 4.90 Å². The molecule has 0 bridgehead atoms. The van der Waals surface area contributed by atoms with E-state index < -0.39 is 11.8 Å². The summed E-state index contributed by atoms with van der Waals surface area (Å²) in [4.78, 5) is 1.77. The lowest BCUT2D eigenvalue weighted by molar-refractivity contribution is -0.0866. The molecule has 1 aliphatic rings. The van der Waals surface area contributed by atoms with Crippen molar-refractivity contribution in [3.05, 3.63) is 0 Å². The summed E-state index contributed by atoms with van der Waals surface area (Å²) in [6.45, 7) is 5.39. The molecule has 1 rings (SSSR count). The predicted octanol–water partition coefficient (Wildman–Crippen LogP) is 1.61. The summed E-state index contributed by atoms with van der Waals surface area (Å²) in [6, 6.07) is 0. The second-order valence-corrected chi connectivity index (χ2v) is 3.80. The fourth-order valence-electron chi connectivity index (χ4n) is 1.24. The van der Waals surface area contributed by atoms with E-state index in [2.05, 4.69) is 0 Å². The standard InChI is InChI=1S/C9H17F2NO/c1-8(2)9(10,11)7-12-3-5-13-6-4-12/h8H,3-7H2,1-2H3. The Morgan fingerprint density at radius 1 is 1.31 bits per heavy atom. The lowest BCUT2D eigenvalue weighted by Gasteiger charge is -2.31. The largest absolute Gasteiger partial charge is 0.379 e. The van der Waals surface area contributed by atoms with Gasteiger partial charge in [0.25, 0.3) is 5.92 Å². The van der Waals surface area contributed by atoms with E-state index in [-0.39, 0.29) is 6.54 Å². The monoisotopic (exact) mass is 193 g/mol. The minimum Gasteiger partial charge on any atom is -0.379 e. The van der Waals surface area contributed by atoms with Gasteiger partial charge in [-0.05, 0) is 0 Å². The Labute approximate surface area is 77.9 Å². The average Bonchev–Trinajstić information content (AvgIpc) is 2.05. The minimum atomic E-state index is -2.57. The summed E-state index contributed by atoms with van der Waals surface area (Å²) in [5.74, 6) is -3.16. The normalized spacial score (nSPS) is 21.0. The van der Waals surface area contributed by atoms with Crippen LogP contribution in [0.2, 0.25) is 0 Å². The van der Waals surface area contributed by atoms with Gasteiger partial charge in [0.05, 0.1) is 19.8 Å². The quantitative estimate of drug-likeness (QED) is 0.675. The van der Waals surface area contributed by atoms with E-state index in [0.717, 1.165) is 0 Å². The molecular weight excluding hydrogens is 176 g/mol. The summed E-state index contributed by atoms with van der Waals surface area (Å²) in [6.07, 6.45) is 0. The molecule has 0 atom stereocenters. The highest BCUT2D eigenvalue weighted by molar-refractivity contribution is 4.76. The van der Waals surface area contributed by atoms with Gasteiger partial charge in [0.15, 0.2) is 0 Å². The first-order valence-corrected chi connectivity index (χ1v) is 4.70. The molecule has 0 spiro atoms. The Morgan fingerprint density at radius 2 is 1.85 bits per heavy atom. The Kier molecular flexibility index (Phi) is 3.62. The second kappa shape index (κ2) is 4.33. The number of morpholine rings is 1. The van der Waals surface area contributed by atoms with Crippen molar-refractivity contribution in [1.29, 1.82) is 0 Å². The maximum absolute atomic E-state index is 13.2. The molecule has 1 heterocycles. The Hall–Kier alpha value is -0.220. The van der Waals surface area contributed by atoms with Crippen LogP contribution in [0.5, 0.6) is 0 Å². The lowest BCUT2D eigenvalue weighted by atomic mass is 10.1. The zero-order chi connectivity index (χ0) is 9.90. The van der Waals surface area contributed by atoms with Crippen LogP contribution in [-0.2, 0) is 4.74 Å². The summed E-state index contributed by atoms with van der Waals surface area (Å²) in [7, 11) is 0.